The second kappa shape index (κ2) is 10.4. The van der Waals surface area contributed by atoms with Gasteiger partial charge in [-0.1, -0.05) is 66.2 Å². The van der Waals surface area contributed by atoms with Gasteiger partial charge in [0.05, 0.1) is 11.4 Å². The summed E-state index contributed by atoms with van der Waals surface area (Å²) < 4.78 is 30.8. The van der Waals surface area contributed by atoms with Crippen LogP contribution in [0.1, 0.15) is 11.1 Å². The summed E-state index contributed by atoms with van der Waals surface area (Å²) >= 11 is 0. The second-order valence-corrected chi connectivity index (χ2v) is 10.3. The lowest BCUT2D eigenvalue weighted by Crippen LogP contribution is -2.57. The summed E-state index contributed by atoms with van der Waals surface area (Å²) in [5.74, 6) is -1.61. The van der Waals surface area contributed by atoms with Gasteiger partial charge in [-0.2, -0.15) is 8.42 Å². The Hall–Kier alpha value is -5.02. The summed E-state index contributed by atoms with van der Waals surface area (Å²) in [6, 6.07) is 28.0. The zero-order chi connectivity index (χ0) is 27.6. The molecule has 0 aromatic heterocycles. The van der Waals surface area contributed by atoms with Gasteiger partial charge in [-0.15, -0.1) is 0 Å². The maximum absolute atomic E-state index is 13.5. The van der Waals surface area contributed by atoms with Crippen molar-refractivity contribution >= 4 is 45.4 Å². The predicted molar refractivity (Wildman–Crippen MR) is 147 cm³/mol. The van der Waals surface area contributed by atoms with E-state index >= 15 is 0 Å². The zero-order valence-corrected chi connectivity index (χ0v) is 21.5. The van der Waals surface area contributed by atoms with E-state index in [1.54, 1.807) is 84.9 Å². The Kier molecular flexibility index (Phi) is 6.83. The highest BCUT2D eigenvalue weighted by atomic mass is 32.2. The topological polar surface area (TPSA) is 101 Å². The molecule has 4 amide bonds. The Morgan fingerprint density at radius 2 is 1.21 bits per heavy atom. The molecule has 0 spiro atoms. The quantitative estimate of drug-likeness (QED) is 0.186. The standard InChI is InChI=1S/C30H22N2O6S/c1-21-15-17-26(18-16-21)39(36,37)38-25-14-8-9-22(19-25)20-27-28(33)31(23-10-4-2-5-11-23)30(35)32(29(27)34)24-12-6-3-7-13-24/h2-20H,1H3. The molecule has 0 atom stereocenters. The Labute approximate surface area is 225 Å². The fraction of sp³-hybridized carbons (Fsp3) is 0.0333. The third-order valence-corrected chi connectivity index (χ3v) is 7.22. The van der Waals surface area contributed by atoms with Gasteiger partial charge < -0.3 is 4.18 Å². The third-order valence-electron chi connectivity index (χ3n) is 5.96. The van der Waals surface area contributed by atoms with E-state index < -0.39 is 28.0 Å². The molecule has 39 heavy (non-hydrogen) atoms. The highest BCUT2D eigenvalue weighted by Crippen LogP contribution is 2.30. The molecule has 1 aliphatic heterocycles. The molecule has 1 saturated heterocycles. The summed E-state index contributed by atoms with van der Waals surface area (Å²) in [5, 5.41) is 0. The number of carbonyl (C=O) groups excluding carboxylic acids is 3. The molecule has 0 unspecified atom stereocenters. The Bertz CT molecular complexity index is 1640. The SMILES string of the molecule is Cc1ccc(S(=O)(=O)Oc2cccc(C=C3C(=O)N(c4ccccc4)C(=O)N(c4ccccc4)C3=O)c2)cc1. The first-order valence-electron chi connectivity index (χ1n) is 11.9. The minimum atomic E-state index is -4.11. The van der Waals surface area contributed by atoms with Crippen LogP contribution in [-0.2, 0) is 19.7 Å². The van der Waals surface area contributed by atoms with Crippen LogP contribution in [0.4, 0.5) is 16.2 Å². The molecular formula is C30H22N2O6S. The van der Waals surface area contributed by atoms with Gasteiger partial charge in [-0.25, -0.2) is 14.6 Å². The van der Waals surface area contributed by atoms with Gasteiger partial charge >= 0.3 is 16.1 Å². The van der Waals surface area contributed by atoms with Crippen molar-refractivity contribution in [3.63, 3.8) is 0 Å². The maximum atomic E-state index is 13.5. The van der Waals surface area contributed by atoms with Gasteiger partial charge in [0.2, 0.25) is 0 Å². The van der Waals surface area contributed by atoms with Crippen LogP contribution in [-0.4, -0.2) is 26.3 Å². The molecular weight excluding hydrogens is 516 g/mol. The molecule has 1 heterocycles. The Morgan fingerprint density at radius 1 is 0.667 bits per heavy atom. The fourth-order valence-electron chi connectivity index (χ4n) is 4.04. The number of amides is 4. The number of hydrogen-bond donors (Lipinski definition) is 0. The summed E-state index contributed by atoms with van der Waals surface area (Å²) in [6.07, 6.45) is 1.31. The van der Waals surface area contributed by atoms with Crippen molar-refractivity contribution in [2.45, 2.75) is 11.8 Å². The van der Waals surface area contributed by atoms with Crippen LogP contribution in [0.25, 0.3) is 6.08 Å². The lowest BCUT2D eigenvalue weighted by atomic mass is 10.0. The molecule has 0 aliphatic carbocycles. The number of para-hydroxylation sites is 2. The smallest absolute Gasteiger partial charge is 0.343 e. The molecule has 0 bridgehead atoms. The number of rotatable bonds is 6. The number of aryl methyl sites for hydroxylation is 1. The molecule has 4 aromatic carbocycles. The van der Waals surface area contributed by atoms with Crippen LogP contribution in [0.15, 0.2) is 120 Å². The van der Waals surface area contributed by atoms with Crippen molar-refractivity contribution in [3.8, 4) is 5.75 Å². The van der Waals surface area contributed by atoms with E-state index in [0.717, 1.165) is 15.4 Å². The molecule has 0 radical (unpaired) electrons. The van der Waals surface area contributed by atoms with E-state index in [0.29, 0.717) is 16.9 Å². The van der Waals surface area contributed by atoms with Gasteiger partial charge in [0, 0.05) is 0 Å². The molecule has 1 aliphatic rings. The van der Waals surface area contributed by atoms with Crippen molar-refractivity contribution in [1.29, 1.82) is 0 Å². The normalized spacial score (nSPS) is 14.0. The average Bonchev–Trinajstić information content (AvgIpc) is 2.93. The summed E-state index contributed by atoms with van der Waals surface area (Å²) in [4.78, 5) is 42.3. The van der Waals surface area contributed by atoms with E-state index in [-0.39, 0.29) is 16.2 Å². The van der Waals surface area contributed by atoms with Crippen molar-refractivity contribution in [2.24, 2.45) is 0 Å². The predicted octanol–water partition coefficient (Wildman–Crippen LogP) is 5.35. The van der Waals surface area contributed by atoms with Gasteiger partial charge in [-0.3, -0.25) is 9.59 Å². The molecule has 4 aromatic rings. The van der Waals surface area contributed by atoms with Crippen LogP contribution in [0.2, 0.25) is 0 Å². The number of barbiturate groups is 1. The summed E-state index contributed by atoms with van der Waals surface area (Å²) in [7, 11) is -4.11. The number of carbonyl (C=O) groups is 3. The van der Waals surface area contributed by atoms with Crippen molar-refractivity contribution in [3.05, 3.63) is 126 Å². The van der Waals surface area contributed by atoms with Crippen LogP contribution in [0.3, 0.4) is 0 Å². The van der Waals surface area contributed by atoms with Crippen LogP contribution in [0, 0.1) is 6.92 Å². The van der Waals surface area contributed by atoms with E-state index in [4.69, 9.17) is 4.18 Å². The van der Waals surface area contributed by atoms with Crippen LogP contribution >= 0.6 is 0 Å². The van der Waals surface area contributed by atoms with Crippen LogP contribution in [0.5, 0.6) is 5.75 Å². The minimum Gasteiger partial charge on any atom is -0.379 e. The molecule has 194 valence electrons. The van der Waals surface area contributed by atoms with E-state index in [2.05, 4.69) is 0 Å². The first kappa shape index (κ1) is 25.6. The molecule has 0 N–H and O–H groups in total. The third kappa shape index (κ3) is 5.21. The summed E-state index contributed by atoms with van der Waals surface area (Å²) in [6.45, 7) is 1.84. The molecule has 9 heteroatoms. The van der Waals surface area contributed by atoms with E-state index in [1.807, 2.05) is 6.92 Å². The molecule has 0 saturated carbocycles. The number of benzene rings is 4. The van der Waals surface area contributed by atoms with Gasteiger partial charge in [-0.05, 0) is 67.1 Å². The number of hydrogen-bond acceptors (Lipinski definition) is 6. The van der Waals surface area contributed by atoms with Gasteiger partial charge in [0.15, 0.2) is 0 Å². The second-order valence-electron chi connectivity index (χ2n) is 8.72. The maximum Gasteiger partial charge on any atom is 0.343 e. The highest BCUT2D eigenvalue weighted by molar-refractivity contribution is 7.87. The summed E-state index contributed by atoms with van der Waals surface area (Å²) in [5.41, 5.74) is 1.55. The minimum absolute atomic E-state index is 0.00320. The zero-order valence-electron chi connectivity index (χ0n) is 20.7. The van der Waals surface area contributed by atoms with E-state index in [9.17, 15) is 22.8 Å². The largest absolute Gasteiger partial charge is 0.379 e. The Balaban J connectivity index is 1.54. The van der Waals surface area contributed by atoms with Gasteiger partial charge in [0.25, 0.3) is 11.8 Å². The van der Waals surface area contributed by atoms with Crippen molar-refractivity contribution in [1.82, 2.24) is 0 Å². The molecule has 8 nitrogen and oxygen atoms in total. The van der Waals surface area contributed by atoms with Crippen LogP contribution < -0.4 is 14.0 Å². The highest BCUT2D eigenvalue weighted by Gasteiger charge is 2.43. The Morgan fingerprint density at radius 3 is 1.74 bits per heavy atom. The number of imide groups is 2. The fourth-order valence-corrected chi connectivity index (χ4v) is 4.96. The average molecular weight is 539 g/mol. The monoisotopic (exact) mass is 538 g/mol. The number of nitrogens with zero attached hydrogens (tertiary/aromatic N) is 2. The number of anilines is 2. The first-order valence-corrected chi connectivity index (χ1v) is 13.3. The van der Waals surface area contributed by atoms with Gasteiger partial charge in [0.1, 0.15) is 16.2 Å². The molecule has 5 rings (SSSR count). The molecule has 1 fully saturated rings. The van der Waals surface area contributed by atoms with Crippen molar-refractivity contribution in [2.75, 3.05) is 9.80 Å². The number of urea groups is 1. The first-order chi connectivity index (χ1) is 18.7. The lowest BCUT2D eigenvalue weighted by Gasteiger charge is -2.33. The van der Waals surface area contributed by atoms with Crippen molar-refractivity contribution < 1.29 is 27.0 Å². The lowest BCUT2D eigenvalue weighted by molar-refractivity contribution is -0.121. The van der Waals surface area contributed by atoms with E-state index in [1.165, 1.54) is 30.3 Å².